The maximum absolute atomic E-state index is 4.25. The average Bonchev–Trinajstić information content (AvgIpc) is 1.33. The van der Waals surface area contributed by atoms with E-state index in [1.807, 2.05) is 13.8 Å². The molecule has 0 radical (unpaired) electrons. The SMILES string of the molecule is C=C(C)C.COC.F. The fourth-order valence-electron chi connectivity index (χ4n) is 0. The first-order chi connectivity index (χ1) is 3.15. The lowest BCUT2D eigenvalue weighted by atomic mass is 10.4. The molecule has 0 saturated carbocycles. The third kappa shape index (κ3) is 882. The number of hydrogen-bond acceptors (Lipinski definition) is 1. The van der Waals surface area contributed by atoms with Gasteiger partial charge in [0.25, 0.3) is 0 Å². The van der Waals surface area contributed by atoms with Crippen molar-refractivity contribution in [2.24, 2.45) is 0 Å². The Bertz CT molecular complexity index is 39.8. The molecule has 0 atom stereocenters. The van der Waals surface area contributed by atoms with Crippen molar-refractivity contribution in [3.8, 4) is 0 Å². The maximum Gasteiger partial charge on any atom is 0.0351 e. The quantitative estimate of drug-likeness (QED) is 0.446. The Morgan fingerprint density at radius 2 is 1.25 bits per heavy atom. The summed E-state index contributed by atoms with van der Waals surface area (Å²) in [6.45, 7) is 7.50. The van der Waals surface area contributed by atoms with Crippen molar-refractivity contribution in [1.29, 1.82) is 0 Å². The van der Waals surface area contributed by atoms with Gasteiger partial charge < -0.3 is 4.74 Å². The van der Waals surface area contributed by atoms with Gasteiger partial charge in [-0.3, -0.25) is 4.70 Å². The molecule has 0 rings (SSSR count). The summed E-state index contributed by atoms with van der Waals surface area (Å²) in [4.78, 5) is 0. The van der Waals surface area contributed by atoms with E-state index in [2.05, 4.69) is 11.3 Å². The van der Waals surface area contributed by atoms with E-state index in [4.69, 9.17) is 0 Å². The summed E-state index contributed by atoms with van der Waals surface area (Å²) in [5, 5.41) is 0. The summed E-state index contributed by atoms with van der Waals surface area (Å²) < 4.78 is 4.25. The highest BCUT2D eigenvalue weighted by atomic mass is 19.0. The van der Waals surface area contributed by atoms with Crippen molar-refractivity contribution in [2.75, 3.05) is 14.2 Å². The number of rotatable bonds is 0. The van der Waals surface area contributed by atoms with Gasteiger partial charge in [0.15, 0.2) is 0 Å². The number of allylic oxidation sites excluding steroid dienone is 1. The Morgan fingerprint density at radius 3 is 1.25 bits per heavy atom. The highest BCUT2D eigenvalue weighted by Crippen LogP contribution is 1.73. The van der Waals surface area contributed by atoms with E-state index in [1.165, 1.54) is 5.57 Å². The monoisotopic (exact) mass is 122 g/mol. The zero-order valence-corrected chi connectivity index (χ0v) is 6.02. The van der Waals surface area contributed by atoms with E-state index in [0.29, 0.717) is 0 Å². The van der Waals surface area contributed by atoms with Crippen molar-refractivity contribution in [2.45, 2.75) is 13.8 Å². The van der Waals surface area contributed by atoms with Crippen LogP contribution in [0.15, 0.2) is 12.2 Å². The third-order valence-corrected chi connectivity index (χ3v) is 0. The second-order valence-corrected chi connectivity index (χ2v) is 1.62. The highest BCUT2D eigenvalue weighted by Gasteiger charge is 1.51. The Labute approximate surface area is 50.7 Å². The predicted octanol–water partition coefficient (Wildman–Crippen LogP) is 2.00. The van der Waals surface area contributed by atoms with Crippen LogP contribution in [0.2, 0.25) is 0 Å². The Hall–Kier alpha value is -0.370. The molecule has 0 aliphatic rings. The van der Waals surface area contributed by atoms with Crippen molar-refractivity contribution >= 4 is 0 Å². The molecule has 0 aliphatic carbocycles. The summed E-state index contributed by atoms with van der Waals surface area (Å²) in [6.07, 6.45) is 0. The molecule has 0 spiro atoms. The molecule has 0 heterocycles. The van der Waals surface area contributed by atoms with Crippen LogP contribution in [-0.2, 0) is 4.74 Å². The van der Waals surface area contributed by atoms with Crippen LogP contribution in [0.25, 0.3) is 0 Å². The van der Waals surface area contributed by atoms with Crippen LogP contribution in [0, 0.1) is 0 Å². The number of ether oxygens (including phenoxy) is 1. The number of methoxy groups -OCH3 is 1. The van der Waals surface area contributed by atoms with Crippen molar-refractivity contribution in [3.05, 3.63) is 12.2 Å². The summed E-state index contributed by atoms with van der Waals surface area (Å²) in [7, 11) is 3.25. The average molecular weight is 122 g/mol. The first-order valence-corrected chi connectivity index (χ1v) is 2.17. The van der Waals surface area contributed by atoms with E-state index in [-0.39, 0.29) is 4.70 Å². The molecular weight excluding hydrogens is 107 g/mol. The van der Waals surface area contributed by atoms with Gasteiger partial charge in [0, 0.05) is 14.2 Å². The first-order valence-electron chi connectivity index (χ1n) is 2.17. The van der Waals surface area contributed by atoms with E-state index < -0.39 is 0 Å². The zero-order chi connectivity index (χ0) is 6.28. The summed E-state index contributed by atoms with van der Waals surface area (Å²) in [5.41, 5.74) is 1.17. The minimum Gasteiger partial charge on any atom is -0.388 e. The van der Waals surface area contributed by atoms with E-state index in [9.17, 15) is 0 Å². The van der Waals surface area contributed by atoms with Crippen LogP contribution in [0.1, 0.15) is 13.8 Å². The molecule has 0 aromatic rings. The van der Waals surface area contributed by atoms with Gasteiger partial charge in [0.2, 0.25) is 0 Å². The lowest BCUT2D eigenvalue weighted by molar-refractivity contribution is 0.277. The number of hydrogen-bond donors (Lipinski definition) is 0. The molecule has 0 N–H and O–H groups in total. The molecule has 0 unspecified atom stereocenters. The molecule has 0 fully saturated rings. The van der Waals surface area contributed by atoms with Crippen LogP contribution in [-0.4, -0.2) is 14.2 Å². The van der Waals surface area contributed by atoms with Gasteiger partial charge in [0.1, 0.15) is 0 Å². The molecule has 0 amide bonds. The standard InChI is InChI=1S/C4H8.C2H6O.FH/c1-4(2)3;1-3-2;/h1H2,2-3H3;1-2H3;1H. The van der Waals surface area contributed by atoms with E-state index >= 15 is 0 Å². The number of halogens is 1. The maximum atomic E-state index is 4.25. The second kappa shape index (κ2) is 15.9. The molecule has 0 aromatic heterocycles. The van der Waals surface area contributed by atoms with Gasteiger partial charge in [-0.2, -0.15) is 0 Å². The van der Waals surface area contributed by atoms with E-state index in [1.54, 1.807) is 14.2 Å². The lowest BCUT2D eigenvalue weighted by Crippen LogP contribution is -1.55. The van der Waals surface area contributed by atoms with Gasteiger partial charge in [-0.05, 0) is 13.8 Å². The molecule has 52 valence electrons. The molecule has 0 bridgehead atoms. The topological polar surface area (TPSA) is 9.23 Å². The van der Waals surface area contributed by atoms with Crippen molar-refractivity contribution in [1.82, 2.24) is 0 Å². The van der Waals surface area contributed by atoms with Crippen LogP contribution in [0.5, 0.6) is 0 Å². The zero-order valence-electron chi connectivity index (χ0n) is 6.02. The summed E-state index contributed by atoms with van der Waals surface area (Å²) >= 11 is 0. The first kappa shape index (κ1) is 15.6. The van der Waals surface area contributed by atoms with Gasteiger partial charge in [-0.25, -0.2) is 0 Å². The third-order valence-electron chi connectivity index (χ3n) is 0. The normalized spacial score (nSPS) is 5.50. The van der Waals surface area contributed by atoms with Gasteiger partial charge in [-0.1, -0.05) is 5.57 Å². The Balaban J connectivity index is -0.0000000575. The minimum absolute atomic E-state index is 0. The largest absolute Gasteiger partial charge is 0.388 e. The van der Waals surface area contributed by atoms with E-state index in [0.717, 1.165) is 0 Å². The molecule has 0 saturated heterocycles. The lowest BCUT2D eigenvalue weighted by Gasteiger charge is -1.65. The van der Waals surface area contributed by atoms with Crippen LogP contribution < -0.4 is 0 Å². The molecular formula is C6H15FO. The molecule has 1 nitrogen and oxygen atoms in total. The minimum atomic E-state index is 0. The van der Waals surface area contributed by atoms with Crippen molar-refractivity contribution < 1.29 is 9.44 Å². The Morgan fingerprint density at radius 1 is 1.25 bits per heavy atom. The molecule has 0 aliphatic heterocycles. The van der Waals surface area contributed by atoms with Crippen LogP contribution in [0.3, 0.4) is 0 Å². The Kier molecular flexibility index (Phi) is 31.2. The highest BCUT2D eigenvalue weighted by molar-refractivity contribution is 4.78. The molecule has 8 heavy (non-hydrogen) atoms. The van der Waals surface area contributed by atoms with Crippen LogP contribution >= 0.6 is 0 Å². The van der Waals surface area contributed by atoms with Gasteiger partial charge in [-0.15, -0.1) is 6.58 Å². The summed E-state index contributed by atoms with van der Waals surface area (Å²) in [6, 6.07) is 0. The van der Waals surface area contributed by atoms with Gasteiger partial charge in [0.05, 0.1) is 0 Å². The molecule has 0 aromatic carbocycles. The fourth-order valence-corrected chi connectivity index (χ4v) is 0. The summed E-state index contributed by atoms with van der Waals surface area (Å²) in [5.74, 6) is 0. The second-order valence-electron chi connectivity index (χ2n) is 1.62. The van der Waals surface area contributed by atoms with Gasteiger partial charge >= 0.3 is 0 Å². The fraction of sp³-hybridized carbons (Fsp3) is 0.667. The predicted molar refractivity (Wildman–Crippen MR) is 35.9 cm³/mol. The smallest absolute Gasteiger partial charge is 0.0351 e. The van der Waals surface area contributed by atoms with Crippen LogP contribution in [0.4, 0.5) is 4.70 Å². The van der Waals surface area contributed by atoms with Crippen molar-refractivity contribution in [3.63, 3.8) is 0 Å². The molecule has 2 heteroatoms.